The third-order valence-corrected chi connectivity index (χ3v) is 2.36. The number of nitrogens with zero attached hydrogens (tertiary/aromatic N) is 3. The smallest absolute Gasteiger partial charge is 0.273 e. The molecule has 0 aliphatic carbocycles. The Bertz CT molecular complexity index is 574. The van der Waals surface area contributed by atoms with Gasteiger partial charge in [-0.3, -0.25) is 10.1 Å². The Kier molecular flexibility index (Phi) is 3.87. The first-order valence-electron chi connectivity index (χ1n) is 5.42. The van der Waals surface area contributed by atoms with E-state index in [0.717, 1.165) is 0 Å². The zero-order chi connectivity index (χ0) is 13.7. The Labute approximate surface area is 109 Å². The lowest BCUT2D eigenvalue weighted by Crippen LogP contribution is -2.01. The number of methoxy groups -OCH3 is 1. The fourth-order valence-electron chi connectivity index (χ4n) is 1.45. The standard InChI is InChI=1S/C12H11N3O4/c1-18-12-7-10(15(16)17)4-5-11(12)19-8-9-3-2-6-13-14-9/h2-7H,8H2,1H3. The molecule has 0 N–H and O–H groups in total. The second-order valence-corrected chi connectivity index (χ2v) is 3.60. The minimum atomic E-state index is -0.491. The number of benzene rings is 1. The molecule has 7 nitrogen and oxygen atoms in total. The maximum absolute atomic E-state index is 10.7. The van der Waals surface area contributed by atoms with E-state index in [1.807, 2.05) is 0 Å². The number of nitro benzene ring substituents is 1. The summed E-state index contributed by atoms with van der Waals surface area (Å²) in [5.74, 6) is 0.719. The molecular formula is C12H11N3O4. The zero-order valence-corrected chi connectivity index (χ0v) is 10.1. The van der Waals surface area contributed by atoms with E-state index in [4.69, 9.17) is 9.47 Å². The number of aromatic nitrogens is 2. The van der Waals surface area contributed by atoms with Crippen LogP contribution in [0.2, 0.25) is 0 Å². The molecule has 2 rings (SSSR count). The molecule has 0 fully saturated rings. The van der Waals surface area contributed by atoms with E-state index in [-0.39, 0.29) is 12.3 Å². The van der Waals surface area contributed by atoms with Crippen molar-refractivity contribution in [1.82, 2.24) is 10.2 Å². The van der Waals surface area contributed by atoms with E-state index in [2.05, 4.69) is 10.2 Å². The highest BCUT2D eigenvalue weighted by atomic mass is 16.6. The topological polar surface area (TPSA) is 87.4 Å². The van der Waals surface area contributed by atoms with Gasteiger partial charge < -0.3 is 9.47 Å². The first kappa shape index (κ1) is 12.7. The van der Waals surface area contributed by atoms with Crippen molar-refractivity contribution in [2.24, 2.45) is 0 Å². The van der Waals surface area contributed by atoms with E-state index in [0.29, 0.717) is 17.2 Å². The molecule has 19 heavy (non-hydrogen) atoms. The van der Waals surface area contributed by atoms with Crippen molar-refractivity contribution in [2.45, 2.75) is 6.61 Å². The molecule has 0 saturated heterocycles. The van der Waals surface area contributed by atoms with Crippen LogP contribution in [0.25, 0.3) is 0 Å². The summed E-state index contributed by atoms with van der Waals surface area (Å²) in [6.07, 6.45) is 1.57. The second-order valence-electron chi connectivity index (χ2n) is 3.60. The molecule has 1 aromatic heterocycles. The lowest BCUT2D eigenvalue weighted by molar-refractivity contribution is -0.385. The van der Waals surface area contributed by atoms with Gasteiger partial charge in [0.1, 0.15) is 12.3 Å². The first-order valence-corrected chi connectivity index (χ1v) is 5.42. The molecule has 0 unspecified atom stereocenters. The molecular weight excluding hydrogens is 250 g/mol. The van der Waals surface area contributed by atoms with Crippen LogP contribution in [0.5, 0.6) is 11.5 Å². The molecule has 2 aromatic rings. The maximum Gasteiger partial charge on any atom is 0.273 e. The molecule has 0 atom stereocenters. The summed E-state index contributed by atoms with van der Waals surface area (Å²) in [5, 5.41) is 18.2. The van der Waals surface area contributed by atoms with Crippen LogP contribution in [-0.4, -0.2) is 22.2 Å². The lowest BCUT2D eigenvalue weighted by atomic mass is 10.3. The van der Waals surface area contributed by atoms with Crippen molar-refractivity contribution < 1.29 is 14.4 Å². The van der Waals surface area contributed by atoms with Crippen LogP contribution in [0, 0.1) is 10.1 Å². The summed E-state index contributed by atoms with van der Waals surface area (Å²) in [5.41, 5.74) is 0.603. The molecule has 0 bridgehead atoms. The van der Waals surface area contributed by atoms with Gasteiger partial charge in [0.05, 0.1) is 18.1 Å². The number of hydrogen-bond acceptors (Lipinski definition) is 6. The average Bonchev–Trinajstić information content (AvgIpc) is 2.45. The molecule has 0 aliphatic heterocycles. The predicted octanol–water partition coefficient (Wildman–Crippen LogP) is 1.97. The van der Waals surface area contributed by atoms with E-state index >= 15 is 0 Å². The lowest BCUT2D eigenvalue weighted by Gasteiger charge is -2.09. The van der Waals surface area contributed by atoms with Gasteiger partial charge in [-0.05, 0) is 18.2 Å². The number of rotatable bonds is 5. The number of hydrogen-bond donors (Lipinski definition) is 0. The van der Waals surface area contributed by atoms with Gasteiger partial charge in [0.2, 0.25) is 0 Å². The summed E-state index contributed by atoms with van der Waals surface area (Å²) in [6, 6.07) is 7.68. The molecule has 0 radical (unpaired) electrons. The third-order valence-electron chi connectivity index (χ3n) is 2.36. The van der Waals surface area contributed by atoms with Crippen molar-refractivity contribution in [1.29, 1.82) is 0 Å². The zero-order valence-electron chi connectivity index (χ0n) is 10.1. The molecule has 0 spiro atoms. The van der Waals surface area contributed by atoms with Crippen LogP contribution < -0.4 is 9.47 Å². The summed E-state index contributed by atoms with van der Waals surface area (Å²) in [4.78, 5) is 10.2. The van der Waals surface area contributed by atoms with Gasteiger partial charge in [0, 0.05) is 12.3 Å². The SMILES string of the molecule is COc1cc([N+](=O)[O-])ccc1OCc1cccnn1. The highest BCUT2D eigenvalue weighted by molar-refractivity contribution is 5.48. The molecule has 7 heteroatoms. The van der Waals surface area contributed by atoms with Gasteiger partial charge >= 0.3 is 0 Å². The van der Waals surface area contributed by atoms with Crippen LogP contribution in [0.15, 0.2) is 36.5 Å². The van der Waals surface area contributed by atoms with Crippen LogP contribution in [0.1, 0.15) is 5.69 Å². The van der Waals surface area contributed by atoms with Crippen LogP contribution in [0.4, 0.5) is 5.69 Å². The van der Waals surface area contributed by atoms with Gasteiger partial charge in [-0.1, -0.05) is 0 Å². The Hall–Kier alpha value is -2.70. The van der Waals surface area contributed by atoms with Gasteiger partial charge in [0.15, 0.2) is 11.5 Å². The fraction of sp³-hybridized carbons (Fsp3) is 0.167. The van der Waals surface area contributed by atoms with Crippen molar-refractivity contribution in [3.05, 3.63) is 52.3 Å². The van der Waals surface area contributed by atoms with E-state index < -0.39 is 4.92 Å². The van der Waals surface area contributed by atoms with Crippen LogP contribution in [0.3, 0.4) is 0 Å². The normalized spacial score (nSPS) is 9.95. The number of ether oxygens (including phenoxy) is 2. The molecule has 1 aromatic carbocycles. The van der Waals surface area contributed by atoms with Crippen molar-refractivity contribution in [2.75, 3.05) is 7.11 Å². The summed E-state index contributed by atoms with van der Waals surface area (Å²) in [6.45, 7) is 0.210. The molecule has 98 valence electrons. The fourth-order valence-corrected chi connectivity index (χ4v) is 1.45. The Balaban J connectivity index is 2.14. The average molecular weight is 261 g/mol. The van der Waals surface area contributed by atoms with E-state index in [1.165, 1.54) is 25.3 Å². The van der Waals surface area contributed by atoms with Crippen molar-refractivity contribution in [3.8, 4) is 11.5 Å². The Morgan fingerprint density at radius 1 is 1.32 bits per heavy atom. The predicted molar refractivity (Wildman–Crippen MR) is 66.0 cm³/mol. The van der Waals surface area contributed by atoms with Gasteiger partial charge in [-0.25, -0.2) is 0 Å². The first-order chi connectivity index (χ1) is 9.20. The largest absolute Gasteiger partial charge is 0.493 e. The summed E-state index contributed by atoms with van der Waals surface area (Å²) in [7, 11) is 1.42. The quantitative estimate of drug-likeness (QED) is 0.604. The highest BCUT2D eigenvalue weighted by Crippen LogP contribution is 2.31. The van der Waals surface area contributed by atoms with E-state index in [1.54, 1.807) is 18.3 Å². The van der Waals surface area contributed by atoms with Gasteiger partial charge in [-0.2, -0.15) is 10.2 Å². The van der Waals surface area contributed by atoms with Crippen molar-refractivity contribution in [3.63, 3.8) is 0 Å². The van der Waals surface area contributed by atoms with Crippen LogP contribution >= 0.6 is 0 Å². The molecule has 0 saturated carbocycles. The maximum atomic E-state index is 10.7. The summed E-state index contributed by atoms with van der Waals surface area (Å²) < 4.78 is 10.6. The van der Waals surface area contributed by atoms with Gasteiger partial charge in [-0.15, -0.1) is 0 Å². The second kappa shape index (κ2) is 5.76. The van der Waals surface area contributed by atoms with Crippen molar-refractivity contribution >= 4 is 5.69 Å². The monoisotopic (exact) mass is 261 g/mol. The highest BCUT2D eigenvalue weighted by Gasteiger charge is 2.12. The molecule has 1 heterocycles. The third kappa shape index (κ3) is 3.15. The van der Waals surface area contributed by atoms with E-state index in [9.17, 15) is 10.1 Å². The Morgan fingerprint density at radius 2 is 2.16 bits per heavy atom. The molecule has 0 amide bonds. The number of non-ortho nitro benzene ring substituents is 1. The van der Waals surface area contributed by atoms with Crippen LogP contribution in [-0.2, 0) is 6.61 Å². The molecule has 0 aliphatic rings. The minimum absolute atomic E-state index is 0.0521. The number of nitro groups is 1. The van der Waals surface area contributed by atoms with Gasteiger partial charge in [0.25, 0.3) is 5.69 Å². The summed E-state index contributed by atoms with van der Waals surface area (Å²) >= 11 is 0. The minimum Gasteiger partial charge on any atom is -0.493 e. The Morgan fingerprint density at radius 3 is 2.79 bits per heavy atom.